The van der Waals surface area contributed by atoms with Crippen LogP contribution in [0, 0.1) is 0 Å². The number of rotatable bonds is 4. The van der Waals surface area contributed by atoms with Crippen molar-refractivity contribution in [1.29, 1.82) is 0 Å². The molecule has 2 aliphatic rings. The van der Waals surface area contributed by atoms with Crippen LogP contribution < -0.4 is 14.4 Å². The lowest BCUT2D eigenvalue weighted by atomic mass is 9.94. The molecule has 7 heteroatoms. The van der Waals surface area contributed by atoms with Crippen molar-refractivity contribution in [1.82, 2.24) is 0 Å². The lowest BCUT2D eigenvalue weighted by Gasteiger charge is -2.26. The molecule has 0 saturated heterocycles. The summed E-state index contributed by atoms with van der Waals surface area (Å²) >= 11 is 0. The molecule has 162 valence electrons. The Hall–Kier alpha value is -4.52. The van der Waals surface area contributed by atoms with Crippen LogP contribution in [0.1, 0.15) is 22.2 Å². The van der Waals surface area contributed by atoms with Gasteiger partial charge in [-0.05, 0) is 29.8 Å². The average molecular weight is 439 g/mol. The van der Waals surface area contributed by atoms with E-state index in [4.69, 9.17) is 13.9 Å². The highest BCUT2D eigenvalue weighted by molar-refractivity contribution is 6.20. The predicted octanol–water partition coefficient (Wildman–Crippen LogP) is 4.94. The number of para-hydroxylation sites is 1. The molecule has 1 unspecified atom stereocenters. The van der Waals surface area contributed by atoms with Crippen LogP contribution >= 0.6 is 0 Å². The maximum atomic E-state index is 13.6. The molecule has 7 nitrogen and oxygen atoms in total. The van der Waals surface area contributed by atoms with Crippen LogP contribution in [-0.2, 0) is 4.79 Å². The van der Waals surface area contributed by atoms with Crippen molar-refractivity contribution in [3.63, 3.8) is 0 Å². The number of furan rings is 1. The third-order valence-corrected chi connectivity index (χ3v) is 5.85. The summed E-state index contributed by atoms with van der Waals surface area (Å²) in [6.45, 7) is 0.0914. The summed E-state index contributed by atoms with van der Waals surface area (Å²) < 4.78 is 16.6. The molecule has 0 saturated carbocycles. The van der Waals surface area contributed by atoms with Crippen molar-refractivity contribution in [3.8, 4) is 11.5 Å². The number of amides is 1. The van der Waals surface area contributed by atoms with Gasteiger partial charge in [-0.15, -0.1) is 0 Å². The third kappa shape index (κ3) is 2.97. The van der Waals surface area contributed by atoms with Crippen molar-refractivity contribution in [2.75, 3.05) is 11.7 Å². The summed E-state index contributed by atoms with van der Waals surface area (Å²) in [4.78, 5) is 28.2. The fourth-order valence-corrected chi connectivity index (χ4v) is 4.32. The molecule has 1 aromatic heterocycles. The molecule has 3 heterocycles. The summed E-state index contributed by atoms with van der Waals surface area (Å²) in [7, 11) is 0. The Kier molecular flexibility index (Phi) is 4.23. The zero-order chi connectivity index (χ0) is 22.5. The maximum absolute atomic E-state index is 13.6. The van der Waals surface area contributed by atoms with E-state index in [0.29, 0.717) is 28.3 Å². The molecule has 1 amide bonds. The van der Waals surface area contributed by atoms with Gasteiger partial charge in [0.25, 0.3) is 5.91 Å². The van der Waals surface area contributed by atoms with Crippen LogP contribution in [0.2, 0.25) is 0 Å². The number of carbonyl (C=O) groups is 2. The van der Waals surface area contributed by atoms with E-state index in [1.54, 1.807) is 30.3 Å². The van der Waals surface area contributed by atoms with Crippen molar-refractivity contribution in [2.24, 2.45) is 0 Å². The van der Waals surface area contributed by atoms with Crippen molar-refractivity contribution in [2.45, 2.75) is 6.04 Å². The number of anilines is 1. The molecule has 0 spiro atoms. The minimum Gasteiger partial charge on any atom is -0.503 e. The lowest BCUT2D eigenvalue weighted by molar-refractivity contribution is -0.117. The van der Waals surface area contributed by atoms with Crippen molar-refractivity contribution >= 4 is 28.3 Å². The maximum Gasteiger partial charge on any atom is 0.294 e. The Labute approximate surface area is 188 Å². The molecule has 6 rings (SSSR count). The van der Waals surface area contributed by atoms with E-state index >= 15 is 0 Å². The molecule has 2 aliphatic heterocycles. The number of aliphatic hydroxyl groups excluding tert-OH is 1. The highest BCUT2D eigenvalue weighted by Crippen LogP contribution is 2.45. The number of hydrogen-bond acceptors (Lipinski definition) is 6. The van der Waals surface area contributed by atoms with Gasteiger partial charge in [-0.2, -0.15) is 0 Å². The topological polar surface area (TPSA) is 89.2 Å². The quantitative estimate of drug-likeness (QED) is 0.453. The molecule has 1 atom stereocenters. The number of ether oxygens (including phenoxy) is 2. The Morgan fingerprint density at radius 3 is 2.48 bits per heavy atom. The SMILES string of the molecule is O=C(C1=C(O)C(=O)N(c2ccc3c(c2)OCO3)C1c1ccccc1)c1cc2ccccc2o1. The number of carbonyl (C=O) groups excluding carboxylic acids is 2. The van der Waals surface area contributed by atoms with E-state index in [0.717, 1.165) is 5.39 Å². The molecule has 0 bridgehead atoms. The molecule has 3 aromatic carbocycles. The number of aliphatic hydroxyl groups is 1. The van der Waals surface area contributed by atoms with Crippen LogP contribution in [0.4, 0.5) is 5.69 Å². The monoisotopic (exact) mass is 439 g/mol. The van der Waals surface area contributed by atoms with Gasteiger partial charge < -0.3 is 19.0 Å². The normalized spacial score (nSPS) is 17.3. The Morgan fingerprint density at radius 1 is 0.909 bits per heavy atom. The molecular formula is C26H17NO6. The van der Waals surface area contributed by atoms with Gasteiger partial charge in [0.2, 0.25) is 12.6 Å². The number of ketones is 1. The predicted molar refractivity (Wildman–Crippen MR) is 119 cm³/mol. The summed E-state index contributed by atoms with van der Waals surface area (Å²) in [5, 5.41) is 11.6. The van der Waals surface area contributed by atoms with Gasteiger partial charge >= 0.3 is 0 Å². The zero-order valence-electron chi connectivity index (χ0n) is 17.2. The second kappa shape index (κ2) is 7.27. The largest absolute Gasteiger partial charge is 0.503 e. The van der Waals surface area contributed by atoms with E-state index in [1.165, 1.54) is 4.90 Å². The first-order valence-electron chi connectivity index (χ1n) is 10.4. The van der Waals surface area contributed by atoms with Gasteiger partial charge in [-0.25, -0.2) is 0 Å². The third-order valence-electron chi connectivity index (χ3n) is 5.85. The van der Waals surface area contributed by atoms with Gasteiger partial charge in [0.15, 0.2) is 23.0 Å². The van der Waals surface area contributed by atoms with E-state index < -0.39 is 23.5 Å². The van der Waals surface area contributed by atoms with Crippen LogP contribution in [0.3, 0.4) is 0 Å². The number of fused-ring (bicyclic) bond motifs is 2. The number of nitrogens with zero attached hydrogens (tertiary/aromatic N) is 1. The second-order valence-corrected chi connectivity index (χ2v) is 7.77. The minimum absolute atomic E-state index is 0.0390. The van der Waals surface area contributed by atoms with Crippen LogP contribution in [0.15, 0.2) is 94.6 Å². The zero-order valence-corrected chi connectivity index (χ0v) is 17.2. The number of hydrogen-bond donors (Lipinski definition) is 1. The Morgan fingerprint density at radius 2 is 1.67 bits per heavy atom. The molecule has 0 radical (unpaired) electrons. The van der Waals surface area contributed by atoms with Gasteiger partial charge in [0, 0.05) is 17.1 Å². The molecule has 0 fully saturated rings. The van der Waals surface area contributed by atoms with E-state index in [2.05, 4.69) is 0 Å². The fraction of sp³-hybridized carbons (Fsp3) is 0.0769. The van der Waals surface area contributed by atoms with Crippen molar-refractivity contribution < 1.29 is 28.6 Å². The summed E-state index contributed by atoms with van der Waals surface area (Å²) in [5.41, 5.74) is 1.65. The molecular weight excluding hydrogens is 422 g/mol. The van der Waals surface area contributed by atoms with Crippen LogP contribution in [0.5, 0.6) is 11.5 Å². The van der Waals surface area contributed by atoms with Gasteiger partial charge in [-0.1, -0.05) is 48.5 Å². The van der Waals surface area contributed by atoms with Crippen LogP contribution in [0.25, 0.3) is 11.0 Å². The fourth-order valence-electron chi connectivity index (χ4n) is 4.32. The second-order valence-electron chi connectivity index (χ2n) is 7.77. The molecule has 33 heavy (non-hydrogen) atoms. The first-order valence-corrected chi connectivity index (χ1v) is 10.4. The minimum atomic E-state index is -0.847. The Bertz CT molecular complexity index is 1420. The summed E-state index contributed by atoms with van der Waals surface area (Å²) in [6, 6.07) is 22.2. The van der Waals surface area contributed by atoms with Gasteiger partial charge in [0.1, 0.15) is 5.58 Å². The van der Waals surface area contributed by atoms with Crippen LogP contribution in [-0.4, -0.2) is 23.6 Å². The molecule has 4 aromatic rings. The summed E-state index contributed by atoms with van der Waals surface area (Å²) in [5.74, 6) is -0.719. The smallest absolute Gasteiger partial charge is 0.294 e. The Balaban J connectivity index is 1.49. The number of benzene rings is 3. The van der Waals surface area contributed by atoms with E-state index in [1.807, 2.05) is 48.5 Å². The first-order chi connectivity index (χ1) is 16.1. The van der Waals surface area contributed by atoms with Gasteiger partial charge in [-0.3, -0.25) is 14.5 Å². The van der Waals surface area contributed by atoms with E-state index in [-0.39, 0.29) is 18.1 Å². The highest BCUT2D eigenvalue weighted by atomic mass is 16.7. The first kappa shape index (κ1) is 19.2. The van der Waals surface area contributed by atoms with Gasteiger partial charge in [0.05, 0.1) is 11.6 Å². The summed E-state index contributed by atoms with van der Waals surface area (Å²) in [6.07, 6.45) is 0. The van der Waals surface area contributed by atoms with Crippen molar-refractivity contribution in [3.05, 3.63) is 102 Å². The molecule has 1 N–H and O–H groups in total. The number of Topliss-reactive ketones (excluding diaryl/α,β-unsaturated/α-hetero) is 1. The van der Waals surface area contributed by atoms with E-state index in [9.17, 15) is 14.7 Å². The highest BCUT2D eigenvalue weighted by Gasteiger charge is 2.45. The lowest BCUT2D eigenvalue weighted by Crippen LogP contribution is -2.31. The molecule has 0 aliphatic carbocycles. The standard InChI is InChI=1S/C26H17NO6/c28-24(21-12-16-8-4-5-9-18(16)33-21)22-23(15-6-2-1-3-7-15)27(26(30)25(22)29)17-10-11-19-20(13-17)32-14-31-19/h1-13,23,29H,14H2. The average Bonchev–Trinajstić information content (AvgIpc) is 3.55.